The molecule has 1 atom stereocenters. The third-order valence-corrected chi connectivity index (χ3v) is 3.79. The Kier molecular flexibility index (Phi) is 5.39. The molecule has 0 amide bonds. The van der Waals surface area contributed by atoms with Crippen LogP contribution in [0.2, 0.25) is 5.02 Å². The summed E-state index contributed by atoms with van der Waals surface area (Å²) in [7, 11) is -1.81. The highest BCUT2D eigenvalue weighted by molar-refractivity contribution is 7.88. The Labute approximate surface area is 107 Å². The maximum absolute atomic E-state index is 11.8. The summed E-state index contributed by atoms with van der Waals surface area (Å²) in [6, 6.07) is 6.50. The molecule has 0 saturated carbocycles. The predicted octanol–water partition coefficient (Wildman–Crippen LogP) is 1.79. The van der Waals surface area contributed by atoms with Gasteiger partial charge in [-0.1, -0.05) is 23.7 Å². The Morgan fingerprint density at radius 3 is 2.47 bits per heavy atom. The number of nitrogens with one attached hydrogen (secondary N) is 1. The molecule has 0 heterocycles. The zero-order chi connectivity index (χ0) is 12.9. The van der Waals surface area contributed by atoms with Crippen molar-refractivity contribution in [2.45, 2.75) is 18.7 Å². The maximum Gasteiger partial charge on any atom is 0.216 e. The van der Waals surface area contributed by atoms with E-state index in [4.69, 9.17) is 16.3 Å². The molecule has 0 fully saturated rings. The molecule has 0 spiro atoms. The lowest BCUT2D eigenvalue weighted by molar-refractivity contribution is 0.180. The molecule has 1 N–H and O–H groups in total. The lowest BCUT2D eigenvalue weighted by Crippen LogP contribution is -2.36. The minimum Gasteiger partial charge on any atom is -0.383 e. The van der Waals surface area contributed by atoms with Gasteiger partial charge in [0.05, 0.1) is 12.4 Å². The van der Waals surface area contributed by atoms with Crippen molar-refractivity contribution in [2.75, 3.05) is 13.7 Å². The number of sulfonamides is 1. The van der Waals surface area contributed by atoms with Gasteiger partial charge in [0.25, 0.3) is 0 Å². The van der Waals surface area contributed by atoms with Crippen LogP contribution in [0.15, 0.2) is 24.3 Å². The summed E-state index contributed by atoms with van der Waals surface area (Å²) < 4.78 is 30.9. The SMILES string of the molecule is COCC(C)NS(=O)(=O)Cc1ccc(Cl)cc1. The zero-order valence-electron chi connectivity index (χ0n) is 9.81. The van der Waals surface area contributed by atoms with Gasteiger partial charge < -0.3 is 4.74 Å². The van der Waals surface area contributed by atoms with Crippen LogP contribution in [0.3, 0.4) is 0 Å². The first-order valence-electron chi connectivity index (χ1n) is 5.16. The summed E-state index contributed by atoms with van der Waals surface area (Å²) in [6.45, 7) is 2.10. The molecule has 0 aliphatic rings. The largest absolute Gasteiger partial charge is 0.383 e. The molecule has 1 aromatic carbocycles. The van der Waals surface area contributed by atoms with Crippen molar-refractivity contribution >= 4 is 21.6 Å². The van der Waals surface area contributed by atoms with Crippen molar-refractivity contribution < 1.29 is 13.2 Å². The van der Waals surface area contributed by atoms with Crippen molar-refractivity contribution in [3.8, 4) is 0 Å². The van der Waals surface area contributed by atoms with E-state index < -0.39 is 10.0 Å². The summed E-state index contributed by atoms with van der Waals surface area (Å²) in [5.74, 6) is -0.0573. The topological polar surface area (TPSA) is 55.4 Å². The van der Waals surface area contributed by atoms with Gasteiger partial charge in [-0.2, -0.15) is 0 Å². The molecule has 0 radical (unpaired) electrons. The highest BCUT2D eigenvalue weighted by Crippen LogP contribution is 2.11. The van der Waals surface area contributed by atoms with Gasteiger partial charge in [-0.05, 0) is 24.6 Å². The summed E-state index contributed by atoms with van der Waals surface area (Å²) in [6.07, 6.45) is 0. The summed E-state index contributed by atoms with van der Waals surface area (Å²) in [5.41, 5.74) is 0.700. The second-order valence-corrected chi connectivity index (χ2v) is 6.05. The van der Waals surface area contributed by atoms with Crippen LogP contribution in [0.25, 0.3) is 0 Å². The van der Waals surface area contributed by atoms with Gasteiger partial charge in [0.2, 0.25) is 10.0 Å². The van der Waals surface area contributed by atoms with Gasteiger partial charge in [0.15, 0.2) is 0 Å². The Morgan fingerprint density at radius 2 is 1.94 bits per heavy atom. The third kappa shape index (κ3) is 5.50. The van der Waals surface area contributed by atoms with Crippen molar-refractivity contribution in [3.63, 3.8) is 0 Å². The van der Waals surface area contributed by atoms with Crippen LogP contribution in [0.5, 0.6) is 0 Å². The van der Waals surface area contributed by atoms with Crippen molar-refractivity contribution in [1.82, 2.24) is 4.72 Å². The number of benzene rings is 1. The summed E-state index contributed by atoms with van der Waals surface area (Å²) in [4.78, 5) is 0. The van der Waals surface area contributed by atoms with Crippen LogP contribution in [-0.4, -0.2) is 28.2 Å². The number of ether oxygens (including phenoxy) is 1. The average Bonchev–Trinajstić information content (AvgIpc) is 2.20. The van der Waals surface area contributed by atoms with Crippen molar-refractivity contribution in [3.05, 3.63) is 34.9 Å². The van der Waals surface area contributed by atoms with Gasteiger partial charge >= 0.3 is 0 Å². The van der Waals surface area contributed by atoms with Crippen LogP contribution in [0.1, 0.15) is 12.5 Å². The van der Waals surface area contributed by atoms with Crippen LogP contribution in [0.4, 0.5) is 0 Å². The quantitative estimate of drug-likeness (QED) is 0.863. The second-order valence-electron chi connectivity index (χ2n) is 3.86. The van der Waals surface area contributed by atoms with E-state index >= 15 is 0 Å². The first-order chi connectivity index (χ1) is 7.93. The summed E-state index contributed by atoms with van der Waals surface area (Å²) >= 11 is 5.73. The maximum atomic E-state index is 11.8. The Balaban J connectivity index is 2.63. The van der Waals surface area contributed by atoms with E-state index in [0.717, 1.165) is 0 Å². The molecule has 1 rings (SSSR count). The molecule has 0 saturated heterocycles. The second kappa shape index (κ2) is 6.35. The summed E-state index contributed by atoms with van der Waals surface area (Å²) in [5, 5.41) is 0.590. The van der Waals surface area contributed by atoms with Crippen molar-refractivity contribution in [1.29, 1.82) is 0 Å². The molecule has 96 valence electrons. The smallest absolute Gasteiger partial charge is 0.216 e. The van der Waals surface area contributed by atoms with E-state index in [2.05, 4.69) is 4.72 Å². The van der Waals surface area contributed by atoms with Crippen molar-refractivity contribution in [2.24, 2.45) is 0 Å². The fourth-order valence-electron chi connectivity index (χ4n) is 1.43. The molecule has 0 bridgehead atoms. The van der Waals surface area contributed by atoms with E-state index in [1.807, 2.05) is 0 Å². The number of hydrogen-bond donors (Lipinski definition) is 1. The van der Waals surface area contributed by atoms with Gasteiger partial charge in [0, 0.05) is 18.2 Å². The molecule has 1 unspecified atom stereocenters. The molecule has 1 aromatic rings. The lowest BCUT2D eigenvalue weighted by atomic mass is 10.2. The molecular weight excluding hydrogens is 262 g/mol. The minimum absolute atomic E-state index is 0.0573. The number of halogens is 1. The third-order valence-electron chi connectivity index (χ3n) is 2.07. The molecule has 4 nitrogen and oxygen atoms in total. The highest BCUT2D eigenvalue weighted by Gasteiger charge is 2.14. The Morgan fingerprint density at radius 1 is 1.35 bits per heavy atom. The molecule has 17 heavy (non-hydrogen) atoms. The van der Waals surface area contributed by atoms with Gasteiger partial charge in [-0.3, -0.25) is 0 Å². The first-order valence-corrected chi connectivity index (χ1v) is 7.19. The monoisotopic (exact) mass is 277 g/mol. The van der Waals surface area contributed by atoms with Crippen LogP contribution in [0, 0.1) is 0 Å². The van der Waals surface area contributed by atoms with Crippen LogP contribution < -0.4 is 4.72 Å². The number of rotatable bonds is 6. The fourth-order valence-corrected chi connectivity index (χ4v) is 2.95. The van der Waals surface area contributed by atoms with Gasteiger partial charge in [-0.25, -0.2) is 13.1 Å². The lowest BCUT2D eigenvalue weighted by Gasteiger charge is -2.13. The van der Waals surface area contributed by atoms with E-state index in [1.165, 1.54) is 7.11 Å². The molecular formula is C11H16ClNO3S. The zero-order valence-corrected chi connectivity index (χ0v) is 11.4. The predicted molar refractivity (Wildman–Crippen MR) is 68.5 cm³/mol. The normalized spacial score (nSPS) is 13.6. The molecule has 0 aliphatic heterocycles. The Bertz CT molecular complexity index is 444. The molecule has 0 aromatic heterocycles. The number of methoxy groups -OCH3 is 1. The first kappa shape index (κ1) is 14.4. The highest BCUT2D eigenvalue weighted by atomic mass is 35.5. The fraction of sp³-hybridized carbons (Fsp3) is 0.455. The van der Waals surface area contributed by atoms with E-state index in [1.54, 1.807) is 31.2 Å². The van der Waals surface area contributed by atoms with Crippen LogP contribution in [-0.2, 0) is 20.5 Å². The van der Waals surface area contributed by atoms with E-state index in [0.29, 0.717) is 17.2 Å². The standard InChI is InChI=1S/C11H16ClNO3S/c1-9(7-16-2)13-17(14,15)8-10-3-5-11(12)6-4-10/h3-6,9,13H,7-8H2,1-2H3. The average molecular weight is 278 g/mol. The Hall–Kier alpha value is -0.620. The van der Waals surface area contributed by atoms with Gasteiger partial charge in [-0.15, -0.1) is 0 Å². The molecule has 0 aliphatic carbocycles. The van der Waals surface area contributed by atoms with E-state index in [-0.39, 0.29) is 11.8 Å². The van der Waals surface area contributed by atoms with E-state index in [9.17, 15) is 8.42 Å². The van der Waals surface area contributed by atoms with Gasteiger partial charge in [0.1, 0.15) is 0 Å². The molecule has 6 heteroatoms. The minimum atomic E-state index is -3.34. The van der Waals surface area contributed by atoms with Crippen LogP contribution >= 0.6 is 11.6 Å². The number of hydrogen-bond acceptors (Lipinski definition) is 3.